The molecule has 24 heavy (non-hydrogen) atoms. The second-order valence-electron chi connectivity index (χ2n) is 5.71. The van der Waals surface area contributed by atoms with Crippen LogP contribution in [0.3, 0.4) is 0 Å². The molecule has 1 saturated heterocycles. The summed E-state index contributed by atoms with van der Waals surface area (Å²) in [6.07, 6.45) is -0.0579. The number of aryl methyl sites for hydroxylation is 1. The lowest BCUT2D eigenvalue weighted by Gasteiger charge is -2.34. The molecule has 1 atom stereocenters. The van der Waals surface area contributed by atoms with Crippen molar-refractivity contribution in [3.63, 3.8) is 0 Å². The van der Waals surface area contributed by atoms with Crippen LogP contribution in [0.15, 0.2) is 29.6 Å². The summed E-state index contributed by atoms with van der Waals surface area (Å²) in [5, 5.41) is 4.26. The van der Waals surface area contributed by atoms with Crippen molar-refractivity contribution in [3.8, 4) is 0 Å². The van der Waals surface area contributed by atoms with Crippen LogP contribution in [0.25, 0.3) is 10.2 Å². The molecule has 1 fully saturated rings. The lowest BCUT2D eigenvalue weighted by molar-refractivity contribution is 0.0396. The summed E-state index contributed by atoms with van der Waals surface area (Å²) < 4.78 is 5.95. The summed E-state index contributed by atoms with van der Waals surface area (Å²) in [6, 6.07) is 7.74. The van der Waals surface area contributed by atoms with Crippen LogP contribution in [0.2, 0.25) is 10.0 Å². The van der Waals surface area contributed by atoms with Crippen molar-refractivity contribution in [3.05, 3.63) is 51.1 Å². The quantitative estimate of drug-likeness (QED) is 0.635. The van der Waals surface area contributed by atoms with E-state index < -0.39 is 0 Å². The molecule has 124 valence electrons. The largest absolute Gasteiger partial charge is 0.370 e. The molecule has 0 N–H and O–H groups in total. The SMILES string of the molecule is Cc1nc(N2CCOC(c3ccc(Cl)c(Cl)c3)C2)c2ccsc2n1. The molecule has 3 aromatic rings. The van der Waals surface area contributed by atoms with Gasteiger partial charge in [0, 0.05) is 13.1 Å². The molecule has 2 aromatic heterocycles. The number of anilines is 1. The minimum Gasteiger partial charge on any atom is -0.370 e. The molecule has 1 aliphatic rings. The molecular formula is C17H15Cl2N3OS. The van der Waals surface area contributed by atoms with E-state index in [1.54, 1.807) is 11.3 Å². The molecule has 0 amide bonds. The summed E-state index contributed by atoms with van der Waals surface area (Å²) in [5.74, 6) is 1.77. The Bertz CT molecular complexity index is 899. The van der Waals surface area contributed by atoms with E-state index in [4.69, 9.17) is 27.9 Å². The van der Waals surface area contributed by atoms with E-state index >= 15 is 0 Å². The van der Waals surface area contributed by atoms with Crippen molar-refractivity contribution in [2.75, 3.05) is 24.6 Å². The molecule has 0 bridgehead atoms. The molecule has 0 radical (unpaired) electrons. The van der Waals surface area contributed by atoms with Gasteiger partial charge in [-0.25, -0.2) is 9.97 Å². The molecular weight excluding hydrogens is 365 g/mol. The van der Waals surface area contributed by atoms with Gasteiger partial charge < -0.3 is 9.64 Å². The molecule has 4 rings (SSSR count). The fourth-order valence-corrected chi connectivity index (χ4v) is 4.05. The smallest absolute Gasteiger partial charge is 0.141 e. The van der Waals surface area contributed by atoms with Crippen LogP contribution >= 0.6 is 34.5 Å². The maximum absolute atomic E-state index is 6.15. The Morgan fingerprint density at radius 2 is 2.08 bits per heavy atom. The molecule has 7 heteroatoms. The fourth-order valence-electron chi connectivity index (χ4n) is 2.94. The van der Waals surface area contributed by atoms with E-state index in [2.05, 4.69) is 26.3 Å². The van der Waals surface area contributed by atoms with Crippen LogP contribution in [0.1, 0.15) is 17.5 Å². The maximum Gasteiger partial charge on any atom is 0.141 e. The van der Waals surface area contributed by atoms with Crippen LogP contribution in [-0.4, -0.2) is 29.7 Å². The molecule has 1 unspecified atom stereocenters. The van der Waals surface area contributed by atoms with Gasteiger partial charge in [0.2, 0.25) is 0 Å². The van der Waals surface area contributed by atoms with Gasteiger partial charge in [0.1, 0.15) is 22.6 Å². The number of hydrogen-bond acceptors (Lipinski definition) is 5. The lowest BCUT2D eigenvalue weighted by Crippen LogP contribution is -2.39. The van der Waals surface area contributed by atoms with Gasteiger partial charge in [-0.1, -0.05) is 29.3 Å². The Kier molecular flexibility index (Phi) is 4.35. The summed E-state index contributed by atoms with van der Waals surface area (Å²) in [6.45, 7) is 4.09. The van der Waals surface area contributed by atoms with Crippen molar-refractivity contribution in [1.82, 2.24) is 9.97 Å². The molecule has 0 saturated carbocycles. The minimum absolute atomic E-state index is 0.0579. The Morgan fingerprint density at radius 1 is 1.21 bits per heavy atom. The lowest BCUT2D eigenvalue weighted by atomic mass is 10.1. The number of thiophene rings is 1. The topological polar surface area (TPSA) is 38.2 Å². The standard InChI is InChI=1S/C17H15Cl2N3OS/c1-10-20-16(12-4-7-24-17(12)21-10)22-5-6-23-15(9-22)11-2-3-13(18)14(19)8-11/h2-4,7-8,15H,5-6,9H2,1H3. The van der Waals surface area contributed by atoms with Gasteiger partial charge in [-0.05, 0) is 36.1 Å². The Labute approximate surface area is 154 Å². The number of morpholine rings is 1. The van der Waals surface area contributed by atoms with Crippen LogP contribution in [0.4, 0.5) is 5.82 Å². The van der Waals surface area contributed by atoms with E-state index in [0.717, 1.165) is 40.5 Å². The predicted molar refractivity (Wildman–Crippen MR) is 99.5 cm³/mol. The van der Waals surface area contributed by atoms with Gasteiger partial charge in [0.05, 0.1) is 22.0 Å². The third-order valence-electron chi connectivity index (χ3n) is 4.10. The van der Waals surface area contributed by atoms with E-state index in [0.29, 0.717) is 16.7 Å². The molecule has 4 nitrogen and oxygen atoms in total. The van der Waals surface area contributed by atoms with Crippen LogP contribution in [-0.2, 0) is 4.74 Å². The van der Waals surface area contributed by atoms with Crippen molar-refractivity contribution in [1.29, 1.82) is 0 Å². The number of nitrogens with zero attached hydrogens (tertiary/aromatic N) is 3. The zero-order valence-corrected chi connectivity index (χ0v) is 15.3. The Hall–Kier alpha value is -1.40. The Balaban J connectivity index is 1.67. The first-order valence-electron chi connectivity index (χ1n) is 7.65. The minimum atomic E-state index is -0.0579. The molecule has 1 aromatic carbocycles. The van der Waals surface area contributed by atoms with Crippen molar-refractivity contribution >= 4 is 50.6 Å². The normalized spacial score (nSPS) is 18.3. The van der Waals surface area contributed by atoms with Crippen LogP contribution < -0.4 is 4.90 Å². The highest BCUT2D eigenvalue weighted by atomic mass is 35.5. The van der Waals surface area contributed by atoms with E-state index in [9.17, 15) is 0 Å². The number of fused-ring (bicyclic) bond motifs is 1. The highest BCUT2D eigenvalue weighted by Gasteiger charge is 2.25. The number of rotatable bonds is 2. The van der Waals surface area contributed by atoms with Crippen molar-refractivity contribution < 1.29 is 4.74 Å². The highest BCUT2D eigenvalue weighted by Crippen LogP contribution is 2.33. The van der Waals surface area contributed by atoms with Gasteiger partial charge in [0.15, 0.2) is 0 Å². The van der Waals surface area contributed by atoms with Gasteiger partial charge >= 0.3 is 0 Å². The number of benzene rings is 1. The number of aromatic nitrogens is 2. The Morgan fingerprint density at radius 3 is 2.92 bits per heavy atom. The zero-order chi connectivity index (χ0) is 16.7. The van der Waals surface area contributed by atoms with Gasteiger partial charge in [-0.3, -0.25) is 0 Å². The predicted octanol–water partition coefficient (Wildman–Crippen LogP) is 4.88. The fraction of sp³-hybridized carbons (Fsp3) is 0.294. The first kappa shape index (κ1) is 16.1. The zero-order valence-electron chi connectivity index (χ0n) is 13.0. The number of ether oxygens (including phenoxy) is 1. The number of halogens is 2. The molecule has 0 spiro atoms. The average Bonchev–Trinajstić information content (AvgIpc) is 3.05. The summed E-state index contributed by atoms with van der Waals surface area (Å²) in [4.78, 5) is 12.5. The van der Waals surface area contributed by atoms with Crippen LogP contribution in [0.5, 0.6) is 0 Å². The third kappa shape index (κ3) is 2.97. The monoisotopic (exact) mass is 379 g/mol. The molecule has 3 heterocycles. The van der Waals surface area contributed by atoms with Crippen LogP contribution in [0, 0.1) is 6.92 Å². The summed E-state index contributed by atoms with van der Waals surface area (Å²) >= 11 is 13.8. The average molecular weight is 380 g/mol. The van der Waals surface area contributed by atoms with Gasteiger partial charge in [0.25, 0.3) is 0 Å². The van der Waals surface area contributed by atoms with Gasteiger partial charge in [-0.15, -0.1) is 11.3 Å². The van der Waals surface area contributed by atoms with Gasteiger partial charge in [-0.2, -0.15) is 0 Å². The number of hydrogen-bond donors (Lipinski definition) is 0. The molecule has 1 aliphatic heterocycles. The summed E-state index contributed by atoms with van der Waals surface area (Å²) in [5.41, 5.74) is 1.03. The van der Waals surface area contributed by atoms with Crippen molar-refractivity contribution in [2.45, 2.75) is 13.0 Å². The first-order chi connectivity index (χ1) is 11.6. The second-order valence-corrected chi connectivity index (χ2v) is 7.42. The van der Waals surface area contributed by atoms with E-state index in [1.165, 1.54) is 0 Å². The van der Waals surface area contributed by atoms with E-state index in [-0.39, 0.29) is 6.10 Å². The molecule has 0 aliphatic carbocycles. The summed E-state index contributed by atoms with van der Waals surface area (Å²) in [7, 11) is 0. The highest BCUT2D eigenvalue weighted by molar-refractivity contribution is 7.16. The maximum atomic E-state index is 6.15. The van der Waals surface area contributed by atoms with E-state index in [1.807, 2.05) is 25.1 Å². The second kappa shape index (κ2) is 6.48. The first-order valence-corrected chi connectivity index (χ1v) is 9.29. The third-order valence-corrected chi connectivity index (χ3v) is 5.64. The van der Waals surface area contributed by atoms with Crippen molar-refractivity contribution in [2.24, 2.45) is 0 Å².